The van der Waals surface area contributed by atoms with Crippen LogP contribution < -0.4 is 5.32 Å². The Morgan fingerprint density at radius 3 is 2.88 bits per heavy atom. The molecule has 17 heavy (non-hydrogen) atoms. The fourth-order valence-electron chi connectivity index (χ4n) is 1.57. The average Bonchev–Trinajstić information content (AvgIpc) is 2.31. The topological polar surface area (TPSA) is 56.0 Å². The summed E-state index contributed by atoms with van der Waals surface area (Å²) in [5.74, 6) is 0. The van der Waals surface area contributed by atoms with E-state index < -0.39 is 0 Å². The molecule has 0 aliphatic heterocycles. The zero-order valence-electron chi connectivity index (χ0n) is 9.91. The molecule has 1 aromatic rings. The second-order valence-corrected chi connectivity index (χ2v) is 4.40. The number of nitrogens with one attached hydrogen (secondary N) is 1. The number of aliphatic hydroxyl groups is 1. The Morgan fingerprint density at radius 2 is 2.29 bits per heavy atom. The van der Waals surface area contributed by atoms with Crippen LogP contribution in [0.15, 0.2) is 18.2 Å². The molecule has 0 heterocycles. The van der Waals surface area contributed by atoms with E-state index in [1.54, 1.807) is 12.1 Å². The van der Waals surface area contributed by atoms with Gasteiger partial charge in [0.2, 0.25) is 0 Å². The van der Waals surface area contributed by atoms with Gasteiger partial charge in [-0.2, -0.15) is 5.26 Å². The van der Waals surface area contributed by atoms with Crippen molar-refractivity contribution in [2.75, 3.05) is 6.54 Å². The van der Waals surface area contributed by atoms with Gasteiger partial charge in [0, 0.05) is 18.1 Å². The van der Waals surface area contributed by atoms with Crippen LogP contribution in [-0.2, 0) is 6.54 Å². The summed E-state index contributed by atoms with van der Waals surface area (Å²) in [6, 6.07) is 7.27. The molecule has 0 saturated carbocycles. The number of rotatable bonds is 6. The van der Waals surface area contributed by atoms with Crippen molar-refractivity contribution in [1.82, 2.24) is 5.32 Å². The molecule has 0 saturated heterocycles. The first kappa shape index (κ1) is 14.0. The van der Waals surface area contributed by atoms with Gasteiger partial charge in [-0.25, -0.2) is 0 Å². The number of hydrogen-bond acceptors (Lipinski definition) is 3. The van der Waals surface area contributed by atoms with Crippen LogP contribution in [0, 0.1) is 11.3 Å². The third-order valence-electron chi connectivity index (χ3n) is 2.50. The molecule has 1 unspecified atom stereocenters. The van der Waals surface area contributed by atoms with Crippen LogP contribution >= 0.6 is 11.6 Å². The number of aliphatic hydroxyl groups excluding tert-OH is 1. The molecule has 0 amide bonds. The van der Waals surface area contributed by atoms with E-state index in [9.17, 15) is 5.11 Å². The molecule has 0 aliphatic carbocycles. The molecular weight excluding hydrogens is 236 g/mol. The maximum Gasteiger partial charge on any atom is 0.0992 e. The Hall–Kier alpha value is -1.08. The quantitative estimate of drug-likeness (QED) is 0.818. The first-order valence-corrected chi connectivity index (χ1v) is 6.12. The summed E-state index contributed by atoms with van der Waals surface area (Å²) in [4.78, 5) is 0. The maximum atomic E-state index is 9.54. The highest BCUT2D eigenvalue weighted by atomic mass is 35.5. The Bertz CT molecular complexity index is 401. The second-order valence-electron chi connectivity index (χ2n) is 3.99. The SMILES string of the molecule is CCCC(O)CNCc1ccc(C#N)cc1Cl. The van der Waals surface area contributed by atoms with Crippen LogP contribution in [0.5, 0.6) is 0 Å². The summed E-state index contributed by atoms with van der Waals surface area (Å²) in [6.45, 7) is 3.20. The van der Waals surface area contributed by atoms with Crippen molar-refractivity contribution in [2.45, 2.75) is 32.4 Å². The third-order valence-corrected chi connectivity index (χ3v) is 2.85. The minimum atomic E-state index is -0.308. The van der Waals surface area contributed by atoms with Crippen molar-refractivity contribution in [3.05, 3.63) is 34.3 Å². The number of nitriles is 1. The van der Waals surface area contributed by atoms with E-state index in [2.05, 4.69) is 5.32 Å². The van der Waals surface area contributed by atoms with Crippen LogP contribution in [0.2, 0.25) is 5.02 Å². The molecule has 4 heteroatoms. The summed E-state index contributed by atoms with van der Waals surface area (Å²) in [5.41, 5.74) is 1.50. The molecule has 92 valence electrons. The fourth-order valence-corrected chi connectivity index (χ4v) is 1.82. The van der Waals surface area contributed by atoms with Crippen LogP contribution in [0.25, 0.3) is 0 Å². The van der Waals surface area contributed by atoms with Crippen LogP contribution in [0.1, 0.15) is 30.9 Å². The van der Waals surface area contributed by atoms with Crippen molar-refractivity contribution >= 4 is 11.6 Å². The highest BCUT2D eigenvalue weighted by Crippen LogP contribution is 2.17. The summed E-state index contributed by atoms with van der Waals surface area (Å²) in [7, 11) is 0. The zero-order chi connectivity index (χ0) is 12.7. The molecule has 0 aromatic heterocycles. The number of benzene rings is 1. The number of halogens is 1. The van der Waals surface area contributed by atoms with Crippen LogP contribution in [0.4, 0.5) is 0 Å². The lowest BCUT2D eigenvalue weighted by Gasteiger charge is -2.11. The highest BCUT2D eigenvalue weighted by molar-refractivity contribution is 6.31. The lowest BCUT2D eigenvalue weighted by atomic mass is 10.1. The minimum Gasteiger partial charge on any atom is -0.392 e. The normalized spacial score (nSPS) is 12.1. The summed E-state index contributed by atoms with van der Waals surface area (Å²) < 4.78 is 0. The van der Waals surface area contributed by atoms with Gasteiger partial charge in [0.25, 0.3) is 0 Å². The molecule has 0 radical (unpaired) electrons. The zero-order valence-corrected chi connectivity index (χ0v) is 10.7. The Kier molecular flexibility index (Phi) is 5.99. The van der Waals surface area contributed by atoms with Crippen molar-refractivity contribution in [2.24, 2.45) is 0 Å². The van der Waals surface area contributed by atoms with Gasteiger partial charge in [0.15, 0.2) is 0 Å². The minimum absolute atomic E-state index is 0.308. The lowest BCUT2D eigenvalue weighted by molar-refractivity contribution is 0.160. The van der Waals surface area contributed by atoms with E-state index in [-0.39, 0.29) is 6.10 Å². The van der Waals surface area contributed by atoms with E-state index in [4.69, 9.17) is 16.9 Å². The molecule has 1 rings (SSSR count). The highest BCUT2D eigenvalue weighted by Gasteiger charge is 2.04. The smallest absolute Gasteiger partial charge is 0.0992 e. The first-order valence-electron chi connectivity index (χ1n) is 5.74. The van der Waals surface area contributed by atoms with Gasteiger partial charge in [-0.3, -0.25) is 0 Å². The van der Waals surface area contributed by atoms with Gasteiger partial charge in [0.1, 0.15) is 0 Å². The van der Waals surface area contributed by atoms with Gasteiger partial charge in [-0.15, -0.1) is 0 Å². The van der Waals surface area contributed by atoms with Crippen molar-refractivity contribution in [1.29, 1.82) is 5.26 Å². The molecule has 0 aliphatic rings. The predicted octanol–water partition coefficient (Wildman–Crippen LogP) is 2.46. The van der Waals surface area contributed by atoms with Crippen molar-refractivity contribution < 1.29 is 5.11 Å². The molecular formula is C13H17ClN2O. The molecule has 0 spiro atoms. The van der Waals surface area contributed by atoms with E-state index in [1.807, 2.05) is 19.1 Å². The Labute approximate surface area is 107 Å². The Morgan fingerprint density at radius 1 is 1.53 bits per heavy atom. The summed E-state index contributed by atoms with van der Waals surface area (Å²) in [5, 5.41) is 22.0. The molecule has 1 aromatic carbocycles. The molecule has 0 fully saturated rings. The molecule has 3 nitrogen and oxygen atoms in total. The first-order chi connectivity index (χ1) is 8.17. The molecule has 0 bridgehead atoms. The average molecular weight is 253 g/mol. The predicted molar refractivity (Wildman–Crippen MR) is 68.8 cm³/mol. The van der Waals surface area contributed by atoms with E-state index >= 15 is 0 Å². The van der Waals surface area contributed by atoms with E-state index in [0.29, 0.717) is 23.7 Å². The second kappa shape index (κ2) is 7.29. The van der Waals surface area contributed by atoms with Gasteiger partial charge in [-0.05, 0) is 24.1 Å². The summed E-state index contributed by atoms with van der Waals surface area (Å²) >= 11 is 6.03. The lowest BCUT2D eigenvalue weighted by Crippen LogP contribution is -2.26. The van der Waals surface area contributed by atoms with Gasteiger partial charge in [-0.1, -0.05) is 31.0 Å². The fraction of sp³-hybridized carbons (Fsp3) is 0.462. The van der Waals surface area contributed by atoms with Crippen molar-refractivity contribution in [3.8, 4) is 6.07 Å². The monoisotopic (exact) mass is 252 g/mol. The van der Waals surface area contributed by atoms with Crippen molar-refractivity contribution in [3.63, 3.8) is 0 Å². The van der Waals surface area contributed by atoms with Gasteiger partial charge >= 0.3 is 0 Å². The third kappa shape index (κ3) is 4.74. The van der Waals surface area contributed by atoms with Gasteiger partial charge in [0.05, 0.1) is 17.7 Å². The summed E-state index contributed by atoms with van der Waals surface area (Å²) in [6.07, 6.45) is 1.46. The van der Waals surface area contributed by atoms with Crippen LogP contribution in [0.3, 0.4) is 0 Å². The standard InChI is InChI=1S/C13H17ClN2O/c1-2-3-12(17)9-16-8-11-5-4-10(7-15)6-13(11)14/h4-6,12,16-17H,2-3,8-9H2,1H3. The van der Waals surface area contributed by atoms with Gasteiger partial charge < -0.3 is 10.4 Å². The number of nitrogens with zero attached hydrogens (tertiary/aromatic N) is 1. The number of hydrogen-bond donors (Lipinski definition) is 2. The largest absolute Gasteiger partial charge is 0.392 e. The van der Waals surface area contributed by atoms with Crippen LogP contribution in [-0.4, -0.2) is 17.8 Å². The van der Waals surface area contributed by atoms with E-state index in [0.717, 1.165) is 18.4 Å². The van der Waals surface area contributed by atoms with E-state index in [1.165, 1.54) is 0 Å². The Balaban J connectivity index is 2.45. The maximum absolute atomic E-state index is 9.54. The molecule has 1 atom stereocenters. The molecule has 2 N–H and O–H groups in total.